The Labute approximate surface area is 89.3 Å². The normalized spacial score (nSPS) is 11.1. The fourth-order valence-electron chi connectivity index (χ4n) is 1.17. The third-order valence-corrected chi connectivity index (χ3v) is 2.00. The van der Waals surface area contributed by atoms with Crippen LogP contribution < -0.4 is 10.6 Å². The van der Waals surface area contributed by atoms with E-state index in [0.29, 0.717) is 5.69 Å². The van der Waals surface area contributed by atoms with Crippen molar-refractivity contribution in [2.75, 3.05) is 11.9 Å². The summed E-state index contributed by atoms with van der Waals surface area (Å²) >= 11 is 0. The molecule has 0 fully saturated rings. The van der Waals surface area contributed by atoms with E-state index in [4.69, 9.17) is 0 Å². The van der Waals surface area contributed by atoms with E-state index in [0.717, 1.165) is 6.54 Å². The van der Waals surface area contributed by atoms with E-state index in [1.807, 2.05) is 20.8 Å². The first-order valence-electron chi connectivity index (χ1n) is 4.87. The van der Waals surface area contributed by atoms with E-state index in [1.165, 1.54) is 6.33 Å². The zero-order chi connectivity index (χ0) is 11.3. The number of nitrogens with zero attached hydrogens (tertiary/aromatic N) is 2. The molecule has 5 heteroatoms. The van der Waals surface area contributed by atoms with Crippen molar-refractivity contribution in [3.05, 3.63) is 18.7 Å². The van der Waals surface area contributed by atoms with Crippen LogP contribution in [0.25, 0.3) is 0 Å². The van der Waals surface area contributed by atoms with Crippen molar-refractivity contribution in [1.82, 2.24) is 15.3 Å². The molecule has 0 aliphatic carbocycles. The highest BCUT2D eigenvalue weighted by atomic mass is 16.2. The number of carbonyl (C=O) groups is 1. The van der Waals surface area contributed by atoms with Crippen LogP contribution in [0.3, 0.4) is 0 Å². The van der Waals surface area contributed by atoms with Crippen LogP contribution in [-0.2, 0) is 4.79 Å². The highest BCUT2D eigenvalue weighted by molar-refractivity contribution is 5.97. The maximum atomic E-state index is 11.8. The van der Waals surface area contributed by atoms with Crippen LogP contribution in [0.15, 0.2) is 18.7 Å². The summed E-state index contributed by atoms with van der Waals surface area (Å²) in [5.74, 6) is -0.0980. The van der Waals surface area contributed by atoms with Gasteiger partial charge in [-0.05, 0) is 20.4 Å². The van der Waals surface area contributed by atoms with E-state index >= 15 is 0 Å². The van der Waals surface area contributed by atoms with Crippen molar-refractivity contribution < 1.29 is 4.79 Å². The summed E-state index contributed by atoms with van der Waals surface area (Å²) in [6.07, 6.45) is 4.55. The van der Waals surface area contributed by atoms with Crippen LogP contribution in [-0.4, -0.2) is 28.0 Å². The van der Waals surface area contributed by atoms with Gasteiger partial charge in [0.1, 0.15) is 6.33 Å². The van der Waals surface area contributed by atoms with Gasteiger partial charge in [-0.25, -0.2) is 9.97 Å². The lowest BCUT2D eigenvalue weighted by Gasteiger charge is -2.24. The van der Waals surface area contributed by atoms with Crippen LogP contribution in [0.4, 0.5) is 5.69 Å². The fourth-order valence-corrected chi connectivity index (χ4v) is 1.17. The summed E-state index contributed by atoms with van der Waals surface area (Å²) in [7, 11) is 0. The number of anilines is 1. The predicted octanol–water partition coefficient (Wildman–Crippen LogP) is 0.803. The van der Waals surface area contributed by atoms with Crippen molar-refractivity contribution in [3.8, 4) is 0 Å². The van der Waals surface area contributed by atoms with Gasteiger partial charge >= 0.3 is 0 Å². The largest absolute Gasteiger partial charge is 0.322 e. The fraction of sp³-hybridized carbons (Fsp3) is 0.500. The highest BCUT2D eigenvalue weighted by Gasteiger charge is 2.26. The number of likely N-dealkylation sites (N-methyl/N-ethyl adjacent to an activating group) is 1. The van der Waals surface area contributed by atoms with Gasteiger partial charge in [-0.3, -0.25) is 4.79 Å². The molecule has 2 N–H and O–H groups in total. The molecule has 0 unspecified atom stereocenters. The Morgan fingerprint density at radius 3 is 2.53 bits per heavy atom. The van der Waals surface area contributed by atoms with Crippen molar-refractivity contribution in [1.29, 1.82) is 0 Å². The molecule has 1 amide bonds. The van der Waals surface area contributed by atoms with Gasteiger partial charge in [0.15, 0.2) is 0 Å². The van der Waals surface area contributed by atoms with Gasteiger partial charge in [0, 0.05) is 0 Å². The number of rotatable bonds is 4. The molecule has 1 heterocycles. The molecule has 15 heavy (non-hydrogen) atoms. The minimum atomic E-state index is -0.593. The average molecular weight is 208 g/mol. The lowest BCUT2D eigenvalue weighted by atomic mass is 10.0. The van der Waals surface area contributed by atoms with Crippen molar-refractivity contribution in [2.45, 2.75) is 26.3 Å². The first kappa shape index (κ1) is 11.6. The van der Waals surface area contributed by atoms with E-state index in [1.54, 1.807) is 12.4 Å². The molecule has 0 bridgehead atoms. The zero-order valence-electron chi connectivity index (χ0n) is 9.24. The molecular weight excluding hydrogens is 192 g/mol. The van der Waals surface area contributed by atoms with Crippen LogP contribution in [0, 0.1) is 0 Å². The molecule has 1 rings (SSSR count). The molecule has 0 aromatic carbocycles. The van der Waals surface area contributed by atoms with Crippen molar-refractivity contribution >= 4 is 11.6 Å². The van der Waals surface area contributed by atoms with Crippen LogP contribution >= 0.6 is 0 Å². The highest BCUT2D eigenvalue weighted by Crippen LogP contribution is 2.07. The molecule has 1 aromatic rings. The van der Waals surface area contributed by atoms with Gasteiger partial charge in [-0.1, -0.05) is 6.92 Å². The van der Waals surface area contributed by atoms with E-state index in [9.17, 15) is 4.79 Å². The Morgan fingerprint density at radius 2 is 2.00 bits per heavy atom. The van der Waals surface area contributed by atoms with Crippen LogP contribution in [0.1, 0.15) is 20.8 Å². The molecule has 0 atom stereocenters. The van der Waals surface area contributed by atoms with Crippen molar-refractivity contribution in [3.63, 3.8) is 0 Å². The molecule has 82 valence electrons. The number of aromatic nitrogens is 2. The third-order valence-electron chi connectivity index (χ3n) is 2.00. The summed E-state index contributed by atoms with van der Waals surface area (Å²) in [6.45, 7) is 6.36. The number of nitrogens with one attached hydrogen (secondary N) is 2. The second kappa shape index (κ2) is 4.84. The van der Waals surface area contributed by atoms with Crippen LogP contribution in [0.5, 0.6) is 0 Å². The summed E-state index contributed by atoms with van der Waals surface area (Å²) in [5, 5.41) is 5.83. The topological polar surface area (TPSA) is 66.9 Å². The Hall–Kier alpha value is -1.49. The van der Waals surface area contributed by atoms with Gasteiger partial charge < -0.3 is 10.6 Å². The number of amides is 1. The summed E-state index contributed by atoms with van der Waals surface area (Å²) in [4.78, 5) is 19.4. The predicted molar refractivity (Wildman–Crippen MR) is 58.4 cm³/mol. The Bertz CT molecular complexity index is 323. The van der Waals surface area contributed by atoms with Crippen LogP contribution in [0.2, 0.25) is 0 Å². The van der Waals surface area contributed by atoms with E-state index in [2.05, 4.69) is 20.6 Å². The molecule has 0 aliphatic heterocycles. The van der Waals surface area contributed by atoms with Gasteiger partial charge in [-0.15, -0.1) is 0 Å². The second-order valence-electron chi connectivity index (χ2n) is 3.74. The lowest BCUT2D eigenvalue weighted by molar-refractivity contribution is -0.121. The zero-order valence-corrected chi connectivity index (χ0v) is 9.24. The quantitative estimate of drug-likeness (QED) is 0.768. The molecule has 0 radical (unpaired) electrons. The summed E-state index contributed by atoms with van der Waals surface area (Å²) in [6, 6.07) is 0. The molecule has 0 saturated carbocycles. The third kappa shape index (κ3) is 3.28. The molecule has 5 nitrogen and oxygen atoms in total. The maximum Gasteiger partial charge on any atom is 0.244 e. The molecule has 0 spiro atoms. The summed E-state index contributed by atoms with van der Waals surface area (Å²) < 4.78 is 0. The first-order chi connectivity index (χ1) is 7.06. The van der Waals surface area contributed by atoms with Gasteiger partial charge in [0.05, 0.1) is 23.6 Å². The van der Waals surface area contributed by atoms with Crippen molar-refractivity contribution in [2.24, 2.45) is 0 Å². The number of hydrogen-bond donors (Lipinski definition) is 2. The van der Waals surface area contributed by atoms with Gasteiger partial charge in [-0.2, -0.15) is 0 Å². The second-order valence-corrected chi connectivity index (χ2v) is 3.74. The monoisotopic (exact) mass is 208 g/mol. The Balaban J connectivity index is 2.63. The average Bonchev–Trinajstić information content (AvgIpc) is 2.19. The molecule has 0 saturated heterocycles. The molecule has 1 aromatic heterocycles. The minimum absolute atomic E-state index is 0.0980. The summed E-state index contributed by atoms with van der Waals surface area (Å²) in [5.41, 5.74) is 0.0124. The maximum absolute atomic E-state index is 11.8. The van der Waals surface area contributed by atoms with Gasteiger partial charge in [0.2, 0.25) is 5.91 Å². The Morgan fingerprint density at radius 1 is 1.40 bits per heavy atom. The van der Waals surface area contributed by atoms with Gasteiger partial charge in [0.25, 0.3) is 0 Å². The number of hydrogen-bond acceptors (Lipinski definition) is 4. The smallest absolute Gasteiger partial charge is 0.244 e. The minimum Gasteiger partial charge on any atom is -0.322 e. The Kier molecular flexibility index (Phi) is 3.74. The molecular formula is C10H16N4O. The standard InChI is InChI=1S/C10H16N4O/c1-4-13-10(2,3)9(15)14-8-5-11-7-12-6-8/h5-7,13H,4H2,1-3H3,(H,14,15). The SMILES string of the molecule is CCNC(C)(C)C(=O)Nc1cncnc1. The number of carbonyl (C=O) groups excluding carboxylic acids is 1. The lowest BCUT2D eigenvalue weighted by Crippen LogP contribution is -2.49. The van der Waals surface area contributed by atoms with E-state index < -0.39 is 5.54 Å². The first-order valence-corrected chi connectivity index (χ1v) is 4.87. The van der Waals surface area contributed by atoms with E-state index in [-0.39, 0.29) is 5.91 Å². The molecule has 0 aliphatic rings.